The lowest BCUT2D eigenvalue weighted by molar-refractivity contribution is 0.292. The van der Waals surface area contributed by atoms with E-state index < -0.39 is 21.4 Å². The monoisotopic (exact) mass is 537 g/mol. The van der Waals surface area contributed by atoms with Crippen molar-refractivity contribution >= 4 is 33.3 Å². The van der Waals surface area contributed by atoms with Gasteiger partial charge in [0.1, 0.15) is 0 Å². The van der Waals surface area contributed by atoms with Gasteiger partial charge in [-0.25, -0.2) is 0 Å². The fraction of sp³-hybridized carbons (Fsp3) is 0.100. The third-order valence-corrected chi connectivity index (χ3v) is 8.80. The molecule has 0 unspecified atom stereocenters. The highest BCUT2D eigenvalue weighted by molar-refractivity contribution is 7.87. The molecule has 0 radical (unpaired) electrons. The third-order valence-electron chi connectivity index (χ3n) is 5.24. The SMILES string of the molecule is CCCOc1nc(N=S(c2ccccc2)c2ccccc2)nc(N=S(c2ccccc2)c2ccccc2)n1. The van der Waals surface area contributed by atoms with Gasteiger partial charge in [0.2, 0.25) is 0 Å². The van der Waals surface area contributed by atoms with Crippen molar-refractivity contribution in [1.82, 2.24) is 15.0 Å². The number of benzene rings is 4. The van der Waals surface area contributed by atoms with E-state index in [2.05, 4.69) is 58.5 Å². The van der Waals surface area contributed by atoms with Crippen molar-refractivity contribution in [2.75, 3.05) is 6.61 Å². The molecule has 38 heavy (non-hydrogen) atoms. The predicted molar refractivity (Wildman–Crippen MR) is 153 cm³/mol. The second kappa shape index (κ2) is 13.0. The maximum atomic E-state index is 5.85. The molecule has 4 aromatic carbocycles. The fourth-order valence-corrected chi connectivity index (χ4v) is 6.63. The van der Waals surface area contributed by atoms with Gasteiger partial charge in [-0.3, -0.25) is 0 Å². The van der Waals surface area contributed by atoms with Crippen molar-refractivity contribution in [1.29, 1.82) is 0 Å². The fourth-order valence-electron chi connectivity index (χ4n) is 3.52. The molecule has 0 amide bonds. The van der Waals surface area contributed by atoms with Crippen molar-refractivity contribution in [2.24, 2.45) is 8.73 Å². The van der Waals surface area contributed by atoms with Gasteiger partial charge in [-0.2, -0.15) is 23.7 Å². The van der Waals surface area contributed by atoms with Gasteiger partial charge in [-0.05, 0) is 76.3 Å². The minimum atomic E-state index is -0.632. The maximum Gasteiger partial charge on any atom is 0.323 e. The number of hydrogen-bond donors (Lipinski definition) is 0. The van der Waals surface area contributed by atoms with Crippen LogP contribution in [0, 0.1) is 0 Å². The molecule has 0 aliphatic heterocycles. The van der Waals surface area contributed by atoms with Crippen LogP contribution in [0.1, 0.15) is 13.3 Å². The van der Waals surface area contributed by atoms with Gasteiger partial charge in [0.15, 0.2) is 0 Å². The second-order valence-corrected chi connectivity index (χ2v) is 11.5. The minimum Gasteiger partial charge on any atom is -0.463 e. The van der Waals surface area contributed by atoms with Crippen molar-refractivity contribution in [3.05, 3.63) is 121 Å². The van der Waals surface area contributed by atoms with Crippen LogP contribution in [-0.4, -0.2) is 21.6 Å². The highest BCUT2D eigenvalue weighted by Gasteiger charge is 2.13. The quantitative estimate of drug-likeness (QED) is 0.193. The van der Waals surface area contributed by atoms with Crippen molar-refractivity contribution in [3.8, 4) is 6.01 Å². The molecule has 5 rings (SSSR count). The molecule has 5 aromatic rings. The first kappa shape index (κ1) is 25.6. The summed E-state index contributed by atoms with van der Waals surface area (Å²) < 4.78 is 15.9. The molecule has 0 aliphatic carbocycles. The Hall–Kier alpha value is -4.01. The first-order chi connectivity index (χ1) is 18.8. The van der Waals surface area contributed by atoms with E-state index in [1.54, 1.807) is 0 Å². The van der Waals surface area contributed by atoms with E-state index in [-0.39, 0.29) is 6.01 Å². The van der Waals surface area contributed by atoms with Gasteiger partial charge in [0.25, 0.3) is 11.9 Å². The van der Waals surface area contributed by atoms with Crippen LogP contribution < -0.4 is 4.74 Å². The summed E-state index contributed by atoms with van der Waals surface area (Å²) in [6, 6.07) is 40.9. The lowest BCUT2D eigenvalue weighted by Crippen LogP contribution is -2.02. The summed E-state index contributed by atoms with van der Waals surface area (Å²) in [7, 11) is -1.26. The molecule has 0 atom stereocenters. The van der Waals surface area contributed by atoms with Crippen LogP contribution in [0.5, 0.6) is 6.01 Å². The Balaban J connectivity index is 1.66. The number of aromatic nitrogens is 3. The zero-order chi connectivity index (χ0) is 26.0. The van der Waals surface area contributed by atoms with Crippen molar-refractivity contribution < 1.29 is 4.74 Å². The van der Waals surface area contributed by atoms with E-state index in [0.29, 0.717) is 18.5 Å². The van der Waals surface area contributed by atoms with Crippen molar-refractivity contribution in [3.63, 3.8) is 0 Å². The molecule has 1 aromatic heterocycles. The average Bonchev–Trinajstić information content (AvgIpc) is 2.99. The normalized spacial score (nSPS) is 10.9. The largest absolute Gasteiger partial charge is 0.463 e. The van der Waals surface area contributed by atoms with Gasteiger partial charge >= 0.3 is 6.01 Å². The van der Waals surface area contributed by atoms with Gasteiger partial charge in [-0.15, -0.1) is 0 Å². The van der Waals surface area contributed by atoms with Crippen LogP contribution in [0.4, 0.5) is 11.9 Å². The second-order valence-electron chi connectivity index (χ2n) is 8.07. The summed E-state index contributed by atoms with van der Waals surface area (Å²) in [5.74, 6) is 0.594. The number of nitrogens with zero attached hydrogens (tertiary/aromatic N) is 5. The van der Waals surface area contributed by atoms with Gasteiger partial charge in [0.05, 0.1) is 6.61 Å². The first-order valence-electron chi connectivity index (χ1n) is 12.3. The summed E-state index contributed by atoms with van der Waals surface area (Å²) >= 11 is 0. The van der Waals surface area contributed by atoms with E-state index in [4.69, 9.17) is 18.4 Å². The van der Waals surface area contributed by atoms with Gasteiger partial charge in [-0.1, -0.05) is 79.7 Å². The van der Waals surface area contributed by atoms with E-state index in [1.807, 2.05) is 79.7 Å². The molecule has 190 valence electrons. The van der Waals surface area contributed by atoms with E-state index in [9.17, 15) is 0 Å². The molecule has 1 heterocycles. The summed E-state index contributed by atoms with van der Waals surface area (Å²) in [5.41, 5.74) is 0. The Morgan fingerprint density at radius 3 is 1.18 bits per heavy atom. The van der Waals surface area contributed by atoms with Crippen LogP contribution in [-0.2, 0) is 21.4 Å². The molecule has 0 spiro atoms. The highest BCUT2D eigenvalue weighted by atomic mass is 32.2. The minimum absolute atomic E-state index is 0.230. The molecule has 8 heteroatoms. The van der Waals surface area contributed by atoms with Crippen molar-refractivity contribution in [2.45, 2.75) is 32.9 Å². The summed E-state index contributed by atoms with van der Waals surface area (Å²) in [4.78, 5) is 18.1. The highest BCUT2D eigenvalue weighted by Crippen LogP contribution is 2.26. The van der Waals surface area contributed by atoms with Crippen LogP contribution >= 0.6 is 0 Å². The van der Waals surface area contributed by atoms with Crippen LogP contribution in [0.3, 0.4) is 0 Å². The molecule has 0 aliphatic rings. The number of rotatable bonds is 9. The zero-order valence-corrected chi connectivity index (χ0v) is 22.6. The smallest absolute Gasteiger partial charge is 0.323 e. The first-order valence-corrected chi connectivity index (χ1v) is 14.7. The Labute approximate surface area is 228 Å². The van der Waals surface area contributed by atoms with E-state index in [0.717, 1.165) is 26.0 Å². The predicted octanol–water partition coefficient (Wildman–Crippen LogP) is 7.76. The van der Waals surface area contributed by atoms with Crippen LogP contribution in [0.2, 0.25) is 0 Å². The molecule has 0 saturated carbocycles. The van der Waals surface area contributed by atoms with Crippen LogP contribution in [0.25, 0.3) is 0 Å². The van der Waals surface area contributed by atoms with Gasteiger partial charge in [0, 0.05) is 19.6 Å². The van der Waals surface area contributed by atoms with Crippen LogP contribution in [0.15, 0.2) is 150 Å². The van der Waals surface area contributed by atoms with E-state index >= 15 is 0 Å². The number of hydrogen-bond acceptors (Lipinski definition) is 6. The van der Waals surface area contributed by atoms with E-state index in [1.165, 1.54) is 0 Å². The van der Waals surface area contributed by atoms with Gasteiger partial charge < -0.3 is 4.74 Å². The standard InChI is InChI=1S/C30H27N5OS2/c1-2-23-36-30-32-28(34-37(24-15-7-3-8-16-24)25-17-9-4-10-18-25)31-29(33-30)35-38(26-19-11-5-12-20-26)27-21-13-6-14-22-27/h3-22H,2,23H2,1H3. The Kier molecular flexibility index (Phi) is 8.76. The third kappa shape index (κ3) is 6.65. The molecule has 0 saturated heterocycles. The summed E-state index contributed by atoms with van der Waals surface area (Å²) in [5, 5.41) is 0. The Bertz CT molecular complexity index is 1340. The molecule has 6 nitrogen and oxygen atoms in total. The zero-order valence-electron chi connectivity index (χ0n) is 20.9. The lowest BCUT2D eigenvalue weighted by atomic mass is 10.4. The summed E-state index contributed by atoms with van der Waals surface area (Å²) in [6.07, 6.45) is 0.835. The lowest BCUT2D eigenvalue weighted by Gasteiger charge is -2.11. The number of ether oxygens (including phenoxy) is 1. The molecule has 0 bridgehead atoms. The topological polar surface area (TPSA) is 72.6 Å². The molecule has 0 N–H and O–H groups in total. The molecule has 0 fully saturated rings. The summed E-state index contributed by atoms with van der Waals surface area (Å²) in [6.45, 7) is 2.54. The Morgan fingerprint density at radius 2 is 0.868 bits per heavy atom. The molecular weight excluding hydrogens is 510 g/mol. The molecular formula is C30H27N5OS2. The average molecular weight is 538 g/mol. The maximum absolute atomic E-state index is 5.85. The Morgan fingerprint density at radius 1 is 0.526 bits per heavy atom.